The molecule has 0 bridgehead atoms. The zero-order valence-corrected chi connectivity index (χ0v) is 18.7. The molecule has 0 fully saturated rings. The van der Waals surface area contributed by atoms with E-state index in [-0.39, 0.29) is 12.2 Å². The number of nitrogens with zero attached hydrogens (tertiary/aromatic N) is 3. The molecule has 4 rings (SSSR count). The molecule has 4 aromatic rings. The third-order valence-corrected chi connectivity index (χ3v) is 5.59. The summed E-state index contributed by atoms with van der Waals surface area (Å²) in [4.78, 5) is 39.7. The van der Waals surface area contributed by atoms with E-state index in [1.807, 2.05) is 36.4 Å². The lowest BCUT2D eigenvalue weighted by atomic mass is 10.1. The fourth-order valence-electron chi connectivity index (χ4n) is 3.60. The number of hydrogen-bond donors (Lipinski definition) is 1. The Labute approximate surface area is 195 Å². The first kappa shape index (κ1) is 22.8. The van der Waals surface area contributed by atoms with Gasteiger partial charge in [0, 0.05) is 12.6 Å². The predicted molar refractivity (Wildman–Crippen MR) is 127 cm³/mol. The smallest absolute Gasteiger partial charge is 0.346 e. The van der Waals surface area contributed by atoms with Gasteiger partial charge in [0.05, 0.1) is 11.7 Å². The zero-order valence-electron chi connectivity index (χ0n) is 18.7. The highest BCUT2D eigenvalue weighted by Crippen LogP contribution is 2.15. The molecule has 3 aromatic carbocycles. The first-order valence-corrected chi connectivity index (χ1v) is 10.8. The van der Waals surface area contributed by atoms with E-state index in [1.165, 1.54) is 12.1 Å². The fourth-order valence-corrected chi connectivity index (χ4v) is 3.60. The molecule has 1 N–H and O–H groups in total. The topological polar surface area (TPSA) is 86.0 Å². The molecule has 8 heteroatoms. The number of nitrogens with one attached hydrogen (secondary N) is 1. The van der Waals surface area contributed by atoms with Crippen LogP contribution in [0.25, 0.3) is 5.69 Å². The minimum Gasteiger partial charge on any atom is -0.346 e. The largest absolute Gasteiger partial charge is 0.352 e. The van der Waals surface area contributed by atoms with E-state index in [9.17, 15) is 18.8 Å². The average Bonchev–Trinajstić information content (AvgIpc) is 2.85. The standard InChI is InChI=1S/C26H23FN4O3/c1-17-13-14-21(15-22(17)27)31-26(34)30(18(2)20-11-7-4-8-12-20)25(33)23(29-31)24(32)28-16-19-9-5-3-6-10-19/h3-15,18H,16H2,1-2H3,(H,28,32). The summed E-state index contributed by atoms with van der Waals surface area (Å²) in [7, 11) is 0. The molecule has 172 valence electrons. The maximum Gasteiger partial charge on any atom is 0.352 e. The summed E-state index contributed by atoms with van der Waals surface area (Å²) in [5.41, 5.74) is -0.0185. The molecule has 0 saturated carbocycles. The van der Waals surface area contributed by atoms with Crippen molar-refractivity contribution in [3.8, 4) is 5.69 Å². The molecular formula is C26H23FN4O3. The summed E-state index contributed by atoms with van der Waals surface area (Å²) in [5, 5.41) is 6.73. The number of hydrogen-bond acceptors (Lipinski definition) is 4. The number of aromatic nitrogens is 3. The van der Waals surface area contributed by atoms with E-state index < -0.39 is 34.7 Å². The molecule has 0 aliphatic rings. The molecule has 0 aliphatic carbocycles. The number of carbonyl (C=O) groups excluding carboxylic acids is 1. The van der Waals surface area contributed by atoms with Gasteiger partial charge in [-0.15, -0.1) is 0 Å². The van der Waals surface area contributed by atoms with E-state index >= 15 is 0 Å². The normalized spacial score (nSPS) is 11.7. The van der Waals surface area contributed by atoms with Gasteiger partial charge in [-0.25, -0.2) is 13.8 Å². The lowest BCUT2D eigenvalue weighted by molar-refractivity contribution is 0.0941. The van der Waals surface area contributed by atoms with Crippen LogP contribution in [0.3, 0.4) is 0 Å². The van der Waals surface area contributed by atoms with Crippen molar-refractivity contribution in [2.75, 3.05) is 0 Å². The van der Waals surface area contributed by atoms with E-state index in [1.54, 1.807) is 38.1 Å². The fraction of sp³-hybridized carbons (Fsp3) is 0.154. The van der Waals surface area contributed by atoms with Crippen molar-refractivity contribution in [1.82, 2.24) is 19.7 Å². The van der Waals surface area contributed by atoms with Gasteiger partial charge in [-0.2, -0.15) is 9.78 Å². The van der Waals surface area contributed by atoms with Crippen molar-refractivity contribution in [3.63, 3.8) is 0 Å². The maximum absolute atomic E-state index is 14.3. The summed E-state index contributed by atoms with van der Waals surface area (Å²) in [6, 6.07) is 21.6. The van der Waals surface area contributed by atoms with Crippen LogP contribution >= 0.6 is 0 Å². The van der Waals surface area contributed by atoms with Crippen molar-refractivity contribution >= 4 is 5.91 Å². The van der Waals surface area contributed by atoms with E-state index in [2.05, 4.69) is 10.4 Å². The van der Waals surface area contributed by atoms with E-state index in [4.69, 9.17) is 0 Å². The maximum atomic E-state index is 14.3. The number of carbonyl (C=O) groups is 1. The van der Waals surface area contributed by atoms with Crippen molar-refractivity contribution in [2.45, 2.75) is 26.4 Å². The lowest BCUT2D eigenvalue weighted by Gasteiger charge is -2.18. The van der Waals surface area contributed by atoms with Gasteiger partial charge in [0.2, 0.25) is 5.69 Å². The zero-order chi connectivity index (χ0) is 24.2. The van der Waals surface area contributed by atoms with Crippen LogP contribution in [-0.4, -0.2) is 20.3 Å². The van der Waals surface area contributed by atoms with Crippen molar-refractivity contribution in [2.24, 2.45) is 0 Å². The molecule has 0 aliphatic heterocycles. The second kappa shape index (κ2) is 9.66. The summed E-state index contributed by atoms with van der Waals surface area (Å²) < 4.78 is 16.1. The van der Waals surface area contributed by atoms with Crippen LogP contribution in [0.1, 0.15) is 40.1 Å². The van der Waals surface area contributed by atoms with Crippen LogP contribution < -0.4 is 16.6 Å². The highest BCUT2D eigenvalue weighted by molar-refractivity contribution is 5.91. The van der Waals surface area contributed by atoms with Crippen LogP contribution in [0.2, 0.25) is 0 Å². The summed E-state index contributed by atoms with van der Waals surface area (Å²) in [6.45, 7) is 3.45. The lowest BCUT2D eigenvalue weighted by Crippen LogP contribution is -2.47. The molecule has 0 saturated heterocycles. The van der Waals surface area contributed by atoms with Gasteiger partial charge in [-0.3, -0.25) is 9.59 Å². The number of aryl methyl sites for hydroxylation is 1. The highest BCUT2D eigenvalue weighted by Gasteiger charge is 2.24. The van der Waals surface area contributed by atoms with Gasteiger partial charge in [-0.05, 0) is 36.6 Å². The molecule has 1 aromatic heterocycles. The van der Waals surface area contributed by atoms with Gasteiger partial charge in [0.15, 0.2) is 0 Å². The number of rotatable bonds is 6. The molecule has 34 heavy (non-hydrogen) atoms. The summed E-state index contributed by atoms with van der Waals surface area (Å²) in [5.74, 6) is -1.26. The second-order valence-corrected chi connectivity index (χ2v) is 7.91. The Morgan fingerprint density at radius 3 is 2.29 bits per heavy atom. The predicted octanol–water partition coefficient (Wildman–Crippen LogP) is 3.38. The monoisotopic (exact) mass is 458 g/mol. The molecule has 1 heterocycles. The summed E-state index contributed by atoms with van der Waals surface area (Å²) in [6.07, 6.45) is 0. The van der Waals surface area contributed by atoms with E-state index in [0.717, 1.165) is 20.9 Å². The van der Waals surface area contributed by atoms with Crippen LogP contribution in [0.4, 0.5) is 4.39 Å². The van der Waals surface area contributed by atoms with Crippen LogP contribution in [0.15, 0.2) is 88.5 Å². The Morgan fingerprint density at radius 2 is 1.65 bits per heavy atom. The number of benzene rings is 3. The van der Waals surface area contributed by atoms with Gasteiger partial charge < -0.3 is 5.32 Å². The van der Waals surface area contributed by atoms with Crippen LogP contribution in [0.5, 0.6) is 0 Å². The molecule has 0 radical (unpaired) electrons. The third-order valence-electron chi connectivity index (χ3n) is 5.59. The quantitative estimate of drug-likeness (QED) is 0.480. The van der Waals surface area contributed by atoms with Gasteiger partial charge in [0.1, 0.15) is 5.82 Å². The minimum atomic E-state index is -0.823. The number of halogens is 1. The van der Waals surface area contributed by atoms with Crippen molar-refractivity contribution in [3.05, 3.63) is 128 Å². The molecule has 1 atom stereocenters. The summed E-state index contributed by atoms with van der Waals surface area (Å²) >= 11 is 0. The first-order chi connectivity index (χ1) is 16.4. The minimum absolute atomic E-state index is 0.110. The van der Waals surface area contributed by atoms with Gasteiger partial charge >= 0.3 is 5.69 Å². The molecule has 7 nitrogen and oxygen atoms in total. The average molecular weight is 458 g/mol. The third kappa shape index (κ3) is 4.56. The Morgan fingerprint density at radius 1 is 1.00 bits per heavy atom. The second-order valence-electron chi connectivity index (χ2n) is 7.91. The molecule has 1 amide bonds. The Bertz CT molecular complexity index is 1450. The Balaban J connectivity index is 1.85. The van der Waals surface area contributed by atoms with Gasteiger partial charge in [0.25, 0.3) is 11.5 Å². The van der Waals surface area contributed by atoms with Crippen LogP contribution in [-0.2, 0) is 6.54 Å². The van der Waals surface area contributed by atoms with Crippen LogP contribution in [0, 0.1) is 12.7 Å². The molecule has 1 unspecified atom stereocenters. The highest BCUT2D eigenvalue weighted by atomic mass is 19.1. The van der Waals surface area contributed by atoms with Crippen molar-refractivity contribution in [1.29, 1.82) is 0 Å². The number of amides is 1. The van der Waals surface area contributed by atoms with Gasteiger partial charge in [-0.1, -0.05) is 66.7 Å². The van der Waals surface area contributed by atoms with E-state index in [0.29, 0.717) is 11.1 Å². The SMILES string of the molecule is Cc1ccc(-n2nc(C(=O)NCc3ccccc3)c(=O)n(C(C)c3ccccc3)c2=O)cc1F. The molecular weight excluding hydrogens is 435 g/mol. The Hall–Kier alpha value is -4.33. The van der Waals surface area contributed by atoms with Crippen molar-refractivity contribution < 1.29 is 9.18 Å². The molecule has 0 spiro atoms. The Kier molecular flexibility index (Phi) is 6.49. The first-order valence-electron chi connectivity index (χ1n) is 10.8.